The van der Waals surface area contributed by atoms with Gasteiger partial charge in [0.2, 0.25) is 5.91 Å². The number of rotatable bonds is 4. The summed E-state index contributed by atoms with van der Waals surface area (Å²) in [5.41, 5.74) is 3.86. The zero-order valence-corrected chi connectivity index (χ0v) is 14.5. The first-order valence-electron chi connectivity index (χ1n) is 8.82. The normalized spacial score (nSPS) is 14.4. The Morgan fingerprint density at radius 1 is 1.00 bits per heavy atom. The maximum Gasteiger partial charge on any atom is 0.242 e. The van der Waals surface area contributed by atoms with Gasteiger partial charge >= 0.3 is 0 Å². The van der Waals surface area contributed by atoms with Crippen molar-refractivity contribution in [1.29, 1.82) is 0 Å². The predicted molar refractivity (Wildman–Crippen MR) is 100 cm³/mol. The lowest BCUT2D eigenvalue weighted by Crippen LogP contribution is -2.47. The van der Waals surface area contributed by atoms with Crippen LogP contribution in [0.25, 0.3) is 22.5 Å². The van der Waals surface area contributed by atoms with Gasteiger partial charge in [-0.1, -0.05) is 30.3 Å². The van der Waals surface area contributed by atoms with Gasteiger partial charge in [-0.3, -0.25) is 9.78 Å². The van der Waals surface area contributed by atoms with Crippen LogP contribution in [0, 0.1) is 0 Å². The summed E-state index contributed by atoms with van der Waals surface area (Å²) in [6.07, 6.45) is 5.29. The summed E-state index contributed by atoms with van der Waals surface area (Å²) in [6.45, 7) is 3.50. The number of benzene rings is 1. The molecule has 1 N–H and O–H groups in total. The molecule has 0 unspecified atom stereocenters. The molecule has 26 heavy (non-hydrogen) atoms. The molecular weight excluding hydrogens is 326 g/mol. The first-order chi connectivity index (χ1) is 12.8. The molecule has 1 aliphatic heterocycles. The van der Waals surface area contributed by atoms with Gasteiger partial charge in [0.25, 0.3) is 0 Å². The zero-order valence-electron chi connectivity index (χ0n) is 14.5. The van der Waals surface area contributed by atoms with E-state index in [2.05, 4.69) is 15.3 Å². The van der Waals surface area contributed by atoms with Crippen LogP contribution < -0.4 is 5.32 Å². The summed E-state index contributed by atoms with van der Waals surface area (Å²) >= 11 is 0. The Morgan fingerprint density at radius 3 is 2.46 bits per heavy atom. The fourth-order valence-corrected chi connectivity index (χ4v) is 3.28. The van der Waals surface area contributed by atoms with E-state index < -0.39 is 0 Å². The van der Waals surface area contributed by atoms with Crippen molar-refractivity contribution in [1.82, 2.24) is 24.8 Å². The second kappa shape index (κ2) is 7.49. The van der Waals surface area contributed by atoms with Crippen LogP contribution >= 0.6 is 0 Å². The first-order valence-corrected chi connectivity index (χ1v) is 8.82. The van der Waals surface area contributed by atoms with Crippen molar-refractivity contribution in [3.05, 3.63) is 61.2 Å². The number of piperazine rings is 1. The van der Waals surface area contributed by atoms with Crippen molar-refractivity contribution in [2.75, 3.05) is 26.2 Å². The third kappa shape index (κ3) is 3.36. The molecule has 4 rings (SSSR count). The molecule has 0 saturated carbocycles. The Morgan fingerprint density at radius 2 is 1.73 bits per heavy atom. The lowest BCUT2D eigenvalue weighted by atomic mass is 10.1. The summed E-state index contributed by atoms with van der Waals surface area (Å²) in [5, 5.41) is 3.28. The Labute approximate surface area is 152 Å². The minimum Gasteiger partial charge on any atom is -0.339 e. The number of hydrogen-bond donors (Lipinski definition) is 1. The van der Waals surface area contributed by atoms with Crippen molar-refractivity contribution in [3.63, 3.8) is 0 Å². The molecule has 1 aromatic carbocycles. The molecule has 6 heteroatoms. The minimum absolute atomic E-state index is 0.124. The van der Waals surface area contributed by atoms with Crippen LogP contribution in [0.4, 0.5) is 0 Å². The van der Waals surface area contributed by atoms with E-state index in [0.29, 0.717) is 0 Å². The molecule has 0 spiro atoms. The van der Waals surface area contributed by atoms with E-state index in [1.54, 1.807) is 18.7 Å². The van der Waals surface area contributed by atoms with Gasteiger partial charge in [0.15, 0.2) is 0 Å². The summed E-state index contributed by atoms with van der Waals surface area (Å²) in [5.74, 6) is 0.124. The molecule has 6 nitrogen and oxygen atoms in total. The minimum atomic E-state index is 0.124. The van der Waals surface area contributed by atoms with Crippen molar-refractivity contribution >= 4 is 5.91 Å². The van der Waals surface area contributed by atoms with Crippen LogP contribution in [0.3, 0.4) is 0 Å². The fraction of sp³-hybridized carbons (Fsp3) is 0.250. The number of nitrogens with one attached hydrogen (secondary N) is 1. The van der Waals surface area contributed by atoms with E-state index in [0.717, 1.165) is 48.7 Å². The second-order valence-electron chi connectivity index (χ2n) is 6.30. The van der Waals surface area contributed by atoms with E-state index in [4.69, 9.17) is 0 Å². The number of nitrogens with zero attached hydrogens (tertiary/aromatic N) is 4. The predicted octanol–water partition coefficient (Wildman–Crippen LogP) is 2.04. The van der Waals surface area contributed by atoms with E-state index in [9.17, 15) is 4.79 Å². The summed E-state index contributed by atoms with van der Waals surface area (Å²) < 4.78 is 1.95. The highest BCUT2D eigenvalue weighted by Crippen LogP contribution is 2.30. The average molecular weight is 347 g/mol. The molecule has 0 atom stereocenters. The van der Waals surface area contributed by atoms with Gasteiger partial charge in [0.1, 0.15) is 6.54 Å². The molecule has 0 bridgehead atoms. The number of carbonyl (C=O) groups excluding carboxylic acids is 1. The van der Waals surface area contributed by atoms with E-state index in [-0.39, 0.29) is 12.5 Å². The molecule has 132 valence electrons. The Bertz CT molecular complexity index is 870. The van der Waals surface area contributed by atoms with E-state index >= 15 is 0 Å². The van der Waals surface area contributed by atoms with E-state index in [1.165, 1.54) is 0 Å². The number of aromatic nitrogens is 3. The van der Waals surface area contributed by atoms with Gasteiger partial charge in [-0.05, 0) is 12.1 Å². The van der Waals surface area contributed by atoms with Crippen LogP contribution in [-0.2, 0) is 11.3 Å². The smallest absolute Gasteiger partial charge is 0.242 e. The van der Waals surface area contributed by atoms with Crippen molar-refractivity contribution < 1.29 is 4.79 Å². The maximum absolute atomic E-state index is 12.7. The largest absolute Gasteiger partial charge is 0.339 e. The molecular formula is C20H21N5O. The molecule has 1 saturated heterocycles. The highest BCUT2D eigenvalue weighted by Gasteiger charge is 2.20. The lowest BCUT2D eigenvalue weighted by molar-refractivity contribution is -0.132. The summed E-state index contributed by atoms with van der Waals surface area (Å²) in [6, 6.07) is 14.0. The van der Waals surface area contributed by atoms with Crippen molar-refractivity contribution in [2.45, 2.75) is 6.54 Å². The zero-order chi connectivity index (χ0) is 17.8. The molecule has 1 aliphatic rings. The highest BCUT2D eigenvalue weighted by atomic mass is 16.2. The third-order valence-corrected chi connectivity index (χ3v) is 4.61. The van der Waals surface area contributed by atoms with E-state index in [1.807, 2.05) is 51.9 Å². The quantitative estimate of drug-likeness (QED) is 0.785. The Balaban J connectivity index is 1.70. The second-order valence-corrected chi connectivity index (χ2v) is 6.30. The fourth-order valence-electron chi connectivity index (χ4n) is 3.28. The number of amides is 1. The summed E-state index contributed by atoms with van der Waals surface area (Å²) in [7, 11) is 0. The molecule has 3 aromatic rings. The number of pyridine rings is 1. The van der Waals surface area contributed by atoms with Gasteiger partial charge in [-0.2, -0.15) is 0 Å². The molecule has 0 radical (unpaired) electrons. The Hall–Kier alpha value is -2.99. The average Bonchev–Trinajstić information content (AvgIpc) is 3.13. The van der Waals surface area contributed by atoms with Gasteiger partial charge in [-0.25, -0.2) is 4.98 Å². The summed E-state index contributed by atoms with van der Waals surface area (Å²) in [4.78, 5) is 23.4. The molecule has 2 aromatic heterocycles. The monoisotopic (exact) mass is 347 g/mol. The first kappa shape index (κ1) is 16.5. The standard InChI is InChI=1S/C20H21N5O/c26-18(24-12-10-22-11-13-24)14-25-15-23-19(16-4-2-1-3-5-16)20(25)17-6-8-21-9-7-17/h1-9,15,22H,10-14H2. The van der Waals surface area contributed by atoms with Gasteiger partial charge in [0, 0.05) is 49.7 Å². The van der Waals surface area contributed by atoms with Crippen molar-refractivity contribution in [2.24, 2.45) is 0 Å². The maximum atomic E-state index is 12.7. The topological polar surface area (TPSA) is 63.1 Å². The molecule has 1 amide bonds. The lowest BCUT2D eigenvalue weighted by Gasteiger charge is -2.27. The number of imidazole rings is 1. The molecule has 3 heterocycles. The third-order valence-electron chi connectivity index (χ3n) is 4.61. The SMILES string of the molecule is O=C(Cn1cnc(-c2ccccc2)c1-c1ccncc1)N1CCNCC1. The highest BCUT2D eigenvalue weighted by molar-refractivity contribution is 5.81. The van der Waals surface area contributed by atoms with Crippen LogP contribution in [0.1, 0.15) is 0 Å². The van der Waals surface area contributed by atoms with Crippen LogP contribution in [0.15, 0.2) is 61.2 Å². The van der Waals surface area contributed by atoms with Gasteiger partial charge in [0.05, 0.1) is 17.7 Å². The molecule has 1 fully saturated rings. The van der Waals surface area contributed by atoms with Crippen molar-refractivity contribution in [3.8, 4) is 22.5 Å². The molecule has 0 aliphatic carbocycles. The van der Waals surface area contributed by atoms with Crippen LogP contribution in [-0.4, -0.2) is 51.5 Å². The Kier molecular flexibility index (Phi) is 4.75. The van der Waals surface area contributed by atoms with Crippen LogP contribution in [0.5, 0.6) is 0 Å². The van der Waals surface area contributed by atoms with Gasteiger partial charge in [-0.15, -0.1) is 0 Å². The number of carbonyl (C=O) groups is 1. The van der Waals surface area contributed by atoms with Gasteiger partial charge < -0.3 is 14.8 Å². The van der Waals surface area contributed by atoms with Crippen LogP contribution in [0.2, 0.25) is 0 Å². The number of hydrogen-bond acceptors (Lipinski definition) is 4.